The molecule has 21 heavy (non-hydrogen) atoms. The average molecular weight is 334 g/mol. The van der Waals surface area contributed by atoms with Crippen molar-refractivity contribution in [2.75, 3.05) is 6.61 Å². The van der Waals surface area contributed by atoms with Gasteiger partial charge in [0.15, 0.2) is 6.61 Å². The predicted molar refractivity (Wildman–Crippen MR) is 81.0 cm³/mol. The second kappa shape index (κ2) is 7.00. The first-order valence-electron chi connectivity index (χ1n) is 6.21. The van der Waals surface area contributed by atoms with Crippen molar-refractivity contribution in [3.8, 4) is 5.75 Å². The lowest BCUT2D eigenvalue weighted by molar-refractivity contribution is -0.145. The molecule has 5 nitrogen and oxygen atoms in total. The van der Waals surface area contributed by atoms with Crippen LogP contribution in [0.25, 0.3) is 0 Å². The molecule has 116 valence electrons. The number of benzene rings is 1. The maximum absolute atomic E-state index is 11.8. The van der Waals surface area contributed by atoms with Crippen LogP contribution in [0.4, 0.5) is 0 Å². The first-order valence-corrected chi connectivity index (χ1v) is 6.97. The van der Waals surface area contributed by atoms with Crippen LogP contribution in [-0.4, -0.2) is 29.6 Å². The number of aliphatic carboxylic acids is 1. The lowest BCUT2D eigenvalue weighted by Gasteiger charge is -2.27. The van der Waals surface area contributed by atoms with E-state index in [1.165, 1.54) is 12.1 Å². The molecule has 0 heterocycles. The Labute approximate surface area is 133 Å². The van der Waals surface area contributed by atoms with E-state index in [0.717, 1.165) is 0 Å². The summed E-state index contributed by atoms with van der Waals surface area (Å²) in [5.41, 5.74) is -0.612. The van der Waals surface area contributed by atoms with Crippen molar-refractivity contribution in [1.82, 2.24) is 5.32 Å². The van der Waals surface area contributed by atoms with Crippen LogP contribution in [0.3, 0.4) is 0 Å². The van der Waals surface area contributed by atoms with E-state index in [1.54, 1.807) is 26.8 Å². The second-order valence-corrected chi connectivity index (χ2v) is 6.41. The van der Waals surface area contributed by atoms with Crippen LogP contribution in [0, 0.1) is 5.41 Å². The number of carboxylic acid groups (broad SMARTS) is 1. The van der Waals surface area contributed by atoms with Gasteiger partial charge < -0.3 is 15.2 Å². The Morgan fingerprint density at radius 1 is 1.33 bits per heavy atom. The minimum Gasteiger partial charge on any atom is -0.482 e. The van der Waals surface area contributed by atoms with Gasteiger partial charge in [0.1, 0.15) is 11.8 Å². The van der Waals surface area contributed by atoms with Gasteiger partial charge in [-0.15, -0.1) is 0 Å². The van der Waals surface area contributed by atoms with E-state index >= 15 is 0 Å². The summed E-state index contributed by atoms with van der Waals surface area (Å²) < 4.78 is 5.25. The first kappa shape index (κ1) is 17.6. The Morgan fingerprint density at radius 2 is 1.95 bits per heavy atom. The van der Waals surface area contributed by atoms with Gasteiger partial charge >= 0.3 is 5.97 Å². The number of carboxylic acids is 1. The molecule has 0 aliphatic heterocycles. The van der Waals surface area contributed by atoms with E-state index in [-0.39, 0.29) is 11.6 Å². The number of halogens is 2. The molecule has 0 radical (unpaired) electrons. The lowest BCUT2D eigenvalue weighted by atomic mass is 9.87. The zero-order valence-electron chi connectivity index (χ0n) is 11.9. The van der Waals surface area contributed by atoms with E-state index in [0.29, 0.717) is 10.8 Å². The normalized spacial score (nSPS) is 12.6. The van der Waals surface area contributed by atoms with Crippen molar-refractivity contribution >= 4 is 35.1 Å². The molecule has 0 aromatic heterocycles. The van der Waals surface area contributed by atoms with Gasteiger partial charge in [0.2, 0.25) is 0 Å². The molecular formula is C14H17Cl2NO4. The van der Waals surface area contributed by atoms with Crippen LogP contribution in [0.15, 0.2) is 18.2 Å². The minimum absolute atomic E-state index is 0.279. The van der Waals surface area contributed by atoms with Gasteiger partial charge in [-0.05, 0) is 23.6 Å². The largest absolute Gasteiger partial charge is 0.482 e. The standard InChI is InChI=1S/C14H17Cl2NO4/c1-14(2,3)12(13(19)20)17-11(18)7-21-10-5-4-8(15)6-9(10)16/h4-6,12H,7H2,1-3H3,(H,17,18)(H,19,20)/t12-/m1/s1. The molecule has 0 unspecified atom stereocenters. The van der Waals surface area contributed by atoms with Crippen LogP contribution in [-0.2, 0) is 9.59 Å². The molecule has 2 N–H and O–H groups in total. The van der Waals surface area contributed by atoms with Crippen molar-refractivity contribution in [2.24, 2.45) is 5.41 Å². The molecule has 7 heteroatoms. The SMILES string of the molecule is CC(C)(C)[C@H](NC(=O)COc1ccc(Cl)cc1Cl)C(=O)O. The van der Waals surface area contributed by atoms with Crippen LogP contribution in [0.1, 0.15) is 20.8 Å². The Morgan fingerprint density at radius 3 is 2.43 bits per heavy atom. The van der Waals surface area contributed by atoms with E-state index in [4.69, 9.17) is 33.0 Å². The zero-order chi connectivity index (χ0) is 16.2. The van der Waals surface area contributed by atoms with E-state index in [1.807, 2.05) is 0 Å². The number of ether oxygens (including phenoxy) is 1. The molecule has 0 aliphatic rings. The fraction of sp³-hybridized carbons (Fsp3) is 0.429. The van der Waals surface area contributed by atoms with Gasteiger partial charge in [-0.25, -0.2) is 4.79 Å². The van der Waals surface area contributed by atoms with Crippen molar-refractivity contribution in [1.29, 1.82) is 0 Å². The Hall–Kier alpha value is -1.46. The fourth-order valence-electron chi connectivity index (χ4n) is 1.59. The van der Waals surface area contributed by atoms with Gasteiger partial charge in [0.25, 0.3) is 5.91 Å². The number of carbonyl (C=O) groups is 2. The summed E-state index contributed by atoms with van der Waals surface area (Å²) in [4.78, 5) is 22.9. The maximum Gasteiger partial charge on any atom is 0.326 e. The molecule has 0 saturated heterocycles. The topological polar surface area (TPSA) is 75.6 Å². The van der Waals surface area contributed by atoms with Crippen molar-refractivity contribution < 1.29 is 19.4 Å². The highest BCUT2D eigenvalue weighted by Crippen LogP contribution is 2.27. The average Bonchev–Trinajstić information content (AvgIpc) is 2.33. The van der Waals surface area contributed by atoms with Crippen LogP contribution < -0.4 is 10.1 Å². The number of carbonyl (C=O) groups excluding carboxylic acids is 1. The molecule has 1 aromatic carbocycles. The molecule has 0 saturated carbocycles. The zero-order valence-corrected chi connectivity index (χ0v) is 13.5. The number of rotatable bonds is 5. The highest BCUT2D eigenvalue weighted by atomic mass is 35.5. The monoisotopic (exact) mass is 333 g/mol. The summed E-state index contributed by atoms with van der Waals surface area (Å²) in [6, 6.07) is 3.60. The van der Waals surface area contributed by atoms with Gasteiger partial charge in [0, 0.05) is 5.02 Å². The van der Waals surface area contributed by atoms with Crippen LogP contribution in [0.5, 0.6) is 5.75 Å². The number of nitrogens with one attached hydrogen (secondary N) is 1. The Kier molecular flexibility index (Phi) is 5.87. The van der Waals surface area contributed by atoms with Crippen molar-refractivity contribution in [3.05, 3.63) is 28.2 Å². The first-order chi connectivity index (χ1) is 9.61. The molecule has 1 rings (SSSR count). The molecular weight excluding hydrogens is 317 g/mol. The van der Waals surface area contributed by atoms with Gasteiger partial charge in [-0.3, -0.25) is 4.79 Å². The summed E-state index contributed by atoms with van der Waals surface area (Å²) in [6.07, 6.45) is 0. The van der Waals surface area contributed by atoms with Crippen molar-refractivity contribution in [2.45, 2.75) is 26.8 Å². The van der Waals surface area contributed by atoms with Gasteiger partial charge in [0.05, 0.1) is 5.02 Å². The molecule has 0 spiro atoms. The van der Waals surface area contributed by atoms with Crippen molar-refractivity contribution in [3.63, 3.8) is 0 Å². The van der Waals surface area contributed by atoms with E-state index < -0.39 is 23.3 Å². The van der Waals surface area contributed by atoms with E-state index in [2.05, 4.69) is 5.32 Å². The summed E-state index contributed by atoms with van der Waals surface area (Å²) >= 11 is 11.7. The van der Waals surface area contributed by atoms with Gasteiger partial charge in [-0.2, -0.15) is 0 Å². The lowest BCUT2D eigenvalue weighted by Crippen LogP contribution is -2.50. The predicted octanol–water partition coefficient (Wildman–Crippen LogP) is 2.99. The Bertz CT molecular complexity index is 540. The summed E-state index contributed by atoms with van der Waals surface area (Å²) in [6.45, 7) is 4.84. The third kappa shape index (κ3) is 5.44. The van der Waals surface area contributed by atoms with E-state index in [9.17, 15) is 9.59 Å². The van der Waals surface area contributed by atoms with Crippen LogP contribution in [0.2, 0.25) is 10.0 Å². The second-order valence-electron chi connectivity index (χ2n) is 5.57. The number of hydrogen-bond donors (Lipinski definition) is 2. The summed E-state index contributed by atoms with van der Waals surface area (Å²) in [7, 11) is 0. The quantitative estimate of drug-likeness (QED) is 0.868. The molecule has 1 atom stereocenters. The number of amides is 1. The third-order valence-electron chi connectivity index (χ3n) is 2.67. The summed E-state index contributed by atoms with van der Waals surface area (Å²) in [5.74, 6) is -1.33. The highest BCUT2D eigenvalue weighted by Gasteiger charge is 2.32. The highest BCUT2D eigenvalue weighted by molar-refractivity contribution is 6.35. The third-order valence-corrected chi connectivity index (χ3v) is 3.20. The van der Waals surface area contributed by atoms with Crippen LogP contribution >= 0.6 is 23.2 Å². The maximum atomic E-state index is 11.8. The summed E-state index contributed by atoms with van der Waals surface area (Å²) in [5, 5.41) is 12.3. The Balaban J connectivity index is 2.63. The minimum atomic E-state index is -1.10. The molecule has 0 aliphatic carbocycles. The van der Waals surface area contributed by atoms with Gasteiger partial charge in [-0.1, -0.05) is 44.0 Å². The molecule has 1 amide bonds. The number of hydrogen-bond acceptors (Lipinski definition) is 3. The molecule has 0 fully saturated rings. The smallest absolute Gasteiger partial charge is 0.326 e. The molecule has 1 aromatic rings. The fourth-order valence-corrected chi connectivity index (χ4v) is 2.05. The molecule has 0 bridgehead atoms.